The fraction of sp³-hybridized carbons (Fsp3) is 0.500. The summed E-state index contributed by atoms with van der Waals surface area (Å²) in [5.41, 5.74) is 1.79. The number of ether oxygens (including phenoxy) is 3. The number of carbonyl (C=O) groups excluding carboxylic acids is 1. The van der Waals surface area contributed by atoms with Crippen LogP contribution >= 0.6 is 12.4 Å². The molecule has 0 bridgehead atoms. The molecule has 1 aliphatic rings. The van der Waals surface area contributed by atoms with Gasteiger partial charge in [0.2, 0.25) is 5.91 Å². The first-order valence-electron chi connectivity index (χ1n) is 6.62. The van der Waals surface area contributed by atoms with E-state index < -0.39 is 0 Å². The van der Waals surface area contributed by atoms with Crippen LogP contribution in [0.3, 0.4) is 0 Å². The van der Waals surface area contributed by atoms with E-state index in [0.29, 0.717) is 19.8 Å². The number of benzene rings is 1. The lowest BCUT2D eigenvalue weighted by Gasteiger charge is -2.10. The highest BCUT2D eigenvalue weighted by atomic mass is 35.5. The van der Waals surface area contributed by atoms with Crippen molar-refractivity contribution in [2.45, 2.75) is 6.54 Å². The average Bonchev–Trinajstić information content (AvgIpc) is 2.68. The zero-order valence-electron chi connectivity index (χ0n) is 12.0. The molecule has 0 saturated heterocycles. The summed E-state index contributed by atoms with van der Waals surface area (Å²) in [5, 5.41) is 6.06. The van der Waals surface area contributed by atoms with Gasteiger partial charge < -0.3 is 24.8 Å². The van der Waals surface area contributed by atoms with Gasteiger partial charge >= 0.3 is 0 Å². The summed E-state index contributed by atoms with van der Waals surface area (Å²) in [4.78, 5) is 11.7. The molecule has 1 aromatic carbocycles. The molecule has 21 heavy (non-hydrogen) atoms. The maximum atomic E-state index is 11.7. The van der Waals surface area contributed by atoms with Crippen molar-refractivity contribution in [3.8, 4) is 5.75 Å². The molecule has 0 aliphatic carbocycles. The van der Waals surface area contributed by atoms with Crippen molar-refractivity contribution < 1.29 is 19.0 Å². The van der Waals surface area contributed by atoms with E-state index in [1.165, 1.54) is 0 Å². The number of anilines is 1. The number of rotatable bonds is 6. The van der Waals surface area contributed by atoms with E-state index in [1.54, 1.807) is 7.11 Å². The third-order valence-electron chi connectivity index (χ3n) is 2.86. The number of fused-ring (bicyclic) bond motifs is 1. The van der Waals surface area contributed by atoms with Crippen molar-refractivity contribution in [2.75, 3.05) is 45.4 Å². The van der Waals surface area contributed by atoms with Crippen molar-refractivity contribution in [3.63, 3.8) is 0 Å². The molecule has 0 radical (unpaired) electrons. The molecule has 2 N–H and O–H groups in total. The summed E-state index contributed by atoms with van der Waals surface area (Å²) in [6.45, 7) is 3.13. The van der Waals surface area contributed by atoms with Crippen molar-refractivity contribution in [2.24, 2.45) is 0 Å². The zero-order valence-corrected chi connectivity index (χ0v) is 12.8. The summed E-state index contributed by atoms with van der Waals surface area (Å²) in [7, 11) is 1.59. The van der Waals surface area contributed by atoms with Gasteiger partial charge in [-0.2, -0.15) is 0 Å². The van der Waals surface area contributed by atoms with Gasteiger partial charge in [-0.15, -0.1) is 12.4 Å². The molecule has 2 rings (SSSR count). The van der Waals surface area contributed by atoms with Gasteiger partial charge in [0.25, 0.3) is 0 Å². The molecule has 6 nitrogen and oxygen atoms in total. The maximum Gasteiger partial charge on any atom is 0.250 e. The highest BCUT2D eigenvalue weighted by Crippen LogP contribution is 2.24. The molecule has 1 heterocycles. The Morgan fingerprint density at radius 1 is 1.43 bits per heavy atom. The number of hydrogen-bond acceptors (Lipinski definition) is 5. The number of carbonyl (C=O) groups is 1. The van der Waals surface area contributed by atoms with E-state index in [1.807, 2.05) is 18.2 Å². The van der Waals surface area contributed by atoms with E-state index in [0.717, 1.165) is 30.1 Å². The van der Waals surface area contributed by atoms with Gasteiger partial charge in [0.15, 0.2) is 0 Å². The summed E-state index contributed by atoms with van der Waals surface area (Å²) < 4.78 is 15.6. The fourth-order valence-corrected chi connectivity index (χ4v) is 1.90. The van der Waals surface area contributed by atoms with Gasteiger partial charge in [0, 0.05) is 31.5 Å². The molecule has 0 fully saturated rings. The lowest BCUT2D eigenvalue weighted by Crippen LogP contribution is -2.19. The Labute approximate surface area is 130 Å². The van der Waals surface area contributed by atoms with E-state index in [4.69, 9.17) is 14.2 Å². The predicted molar refractivity (Wildman–Crippen MR) is 82.2 cm³/mol. The van der Waals surface area contributed by atoms with Crippen LogP contribution in [0, 0.1) is 0 Å². The second kappa shape index (κ2) is 9.57. The first-order chi connectivity index (χ1) is 9.79. The Hall–Kier alpha value is -1.34. The van der Waals surface area contributed by atoms with Crippen LogP contribution in [0.25, 0.3) is 0 Å². The Morgan fingerprint density at radius 2 is 2.29 bits per heavy atom. The van der Waals surface area contributed by atoms with Gasteiger partial charge in [0.05, 0.1) is 13.2 Å². The summed E-state index contributed by atoms with van der Waals surface area (Å²) in [5.74, 6) is 0.688. The van der Waals surface area contributed by atoms with Crippen molar-refractivity contribution in [1.29, 1.82) is 0 Å². The fourth-order valence-electron chi connectivity index (χ4n) is 1.90. The van der Waals surface area contributed by atoms with Gasteiger partial charge in [-0.25, -0.2) is 0 Å². The molecule has 1 amide bonds. The number of amides is 1. The molecular weight excluding hydrogens is 296 g/mol. The van der Waals surface area contributed by atoms with Crippen LogP contribution in [0.5, 0.6) is 5.75 Å². The van der Waals surface area contributed by atoms with Crippen molar-refractivity contribution in [3.05, 3.63) is 23.8 Å². The van der Waals surface area contributed by atoms with E-state index in [9.17, 15) is 4.79 Å². The minimum absolute atomic E-state index is 0. The quantitative estimate of drug-likeness (QED) is 0.772. The molecule has 0 saturated carbocycles. The molecular formula is C14H21ClN2O4. The SMILES string of the molecule is COCCOCC(=O)Nc1ccc2c(c1)CNCCO2.Cl. The predicted octanol–water partition coefficient (Wildman–Crippen LogP) is 1.19. The Morgan fingerprint density at radius 3 is 3.10 bits per heavy atom. The van der Waals surface area contributed by atoms with Crippen LogP contribution in [0.4, 0.5) is 5.69 Å². The third kappa shape index (κ3) is 5.89. The van der Waals surface area contributed by atoms with Crippen LogP contribution in [0.15, 0.2) is 18.2 Å². The largest absolute Gasteiger partial charge is 0.492 e. The summed E-state index contributed by atoms with van der Waals surface area (Å²) >= 11 is 0. The minimum atomic E-state index is -0.177. The minimum Gasteiger partial charge on any atom is -0.492 e. The van der Waals surface area contributed by atoms with Crippen LogP contribution in [0.2, 0.25) is 0 Å². The molecule has 7 heteroatoms. The Kier molecular flexibility index (Phi) is 8.07. The Bertz CT molecular complexity index is 457. The van der Waals surface area contributed by atoms with E-state index in [-0.39, 0.29) is 24.9 Å². The third-order valence-corrected chi connectivity index (χ3v) is 2.86. The second-order valence-electron chi connectivity index (χ2n) is 4.44. The Balaban J connectivity index is 0.00000220. The molecule has 118 valence electrons. The van der Waals surface area contributed by atoms with Gasteiger partial charge in [-0.05, 0) is 18.2 Å². The van der Waals surface area contributed by atoms with Crippen LogP contribution in [-0.2, 0) is 20.8 Å². The number of nitrogens with one attached hydrogen (secondary N) is 2. The second-order valence-corrected chi connectivity index (χ2v) is 4.44. The van der Waals surface area contributed by atoms with Crippen LogP contribution < -0.4 is 15.4 Å². The zero-order chi connectivity index (χ0) is 14.2. The highest BCUT2D eigenvalue weighted by Gasteiger charge is 2.10. The van der Waals surface area contributed by atoms with Gasteiger partial charge in [0.1, 0.15) is 19.0 Å². The average molecular weight is 317 g/mol. The van der Waals surface area contributed by atoms with Gasteiger partial charge in [-0.3, -0.25) is 4.79 Å². The number of hydrogen-bond donors (Lipinski definition) is 2. The van der Waals surface area contributed by atoms with Crippen molar-refractivity contribution in [1.82, 2.24) is 5.32 Å². The number of halogens is 1. The molecule has 0 aromatic heterocycles. The normalized spacial score (nSPS) is 13.4. The molecule has 1 aliphatic heterocycles. The monoisotopic (exact) mass is 316 g/mol. The first-order valence-corrected chi connectivity index (χ1v) is 6.62. The first kappa shape index (κ1) is 17.7. The molecule has 0 unspecified atom stereocenters. The molecule has 1 aromatic rings. The molecule has 0 spiro atoms. The molecule has 0 atom stereocenters. The summed E-state index contributed by atoms with van der Waals surface area (Å²) in [6.07, 6.45) is 0. The van der Waals surface area contributed by atoms with Crippen molar-refractivity contribution >= 4 is 24.0 Å². The van der Waals surface area contributed by atoms with Crippen LogP contribution in [-0.4, -0.2) is 46.0 Å². The standard InChI is InChI=1S/C14H20N2O4.ClH/c1-18-6-7-19-10-14(17)16-12-2-3-13-11(8-12)9-15-4-5-20-13;/h2-3,8,15H,4-7,9-10H2,1H3,(H,16,17);1H. The smallest absolute Gasteiger partial charge is 0.250 e. The number of methoxy groups -OCH3 is 1. The topological polar surface area (TPSA) is 68.8 Å². The van der Waals surface area contributed by atoms with E-state index >= 15 is 0 Å². The summed E-state index contributed by atoms with van der Waals surface area (Å²) in [6, 6.07) is 5.63. The van der Waals surface area contributed by atoms with Crippen LogP contribution in [0.1, 0.15) is 5.56 Å². The maximum absolute atomic E-state index is 11.7. The van der Waals surface area contributed by atoms with Gasteiger partial charge in [-0.1, -0.05) is 0 Å². The highest BCUT2D eigenvalue weighted by molar-refractivity contribution is 5.91. The van der Waals surface area contributed by atoms with E-state index in [2.05, 4.69) is 10.6 Å². The lowest BCUT2D eigenvalue weighted by atomic mass is 10.1. The lowest BCUT2D eigenvalue weighted by molar-refractivity contribution is -0.121.